The van der Waals surface area contributed by atoms with Crippen LogP contribution in [-0.4, -0.2) is 74.1 Å². The molecular formula is C48H93N3O6. The van der Waals surface area contributed by atoms with Crippen molar-refractivity contribution in [3.05, 3.63) is 0 Å². The third-order valence-electron chi connectivity index (χ3n) is 11.1. The highest BCUT2D eigenvalue weighted by Crippen LogP contribution is 2.17. The monoisotopic (exact) mass is 808 g/mol. The van der Waals surface area contributed by atoms with E-state index in [2.05, 4.69) is 43.2 Å². The van der Waals surface area contributed by atoms with E-state index in [-0.39, 0.29) is 42.9 Å². The zero-order valence-electron chi connectivity index (χ0n) is 38.1. The Kier molecular flexibility index (Phi) is 41.8. The van der Waals surface area contributed by atoms with Gasteiger partial charge in [-0.15, -0.1) is 0 Å². The van der Waals surface area contributed by atoms with Crippen molar-refractivity contribution in [2.24, 2.45) is 0 Å². The first kappa shape index (κ1) is 54.8. The van der Waals surface area contributed by atoms with Gasteiger partial charge < -0.3 is 25.0 Å². The molecule has 9 heteroatoms. The average molecular weight is 808 g/mol. The van der Waals surface area contributed by atoms with Crippen LogP contribution in [0.1, 0.15) is 240 Å². The maximum Gasteiger partial charge on any atom is 0.325 e. The number of nitrogens with zero attached hydrogens (tertiary/aromatic N) is 1. The first-order chi connectivity index (χ1) is 27.9. The predicted octanol–water partition coefficient (Wildman–Crippen LogP) is 11.9. The lowest BCUT2D eigenvalue weighted by Crippen LogP contribution is -2.32. The Morgan fingerprint density at radius 1 is 0.439 bits per heavy atom. The van der Waals surface area contributed by atoms with Gasteiger partial charge in [0.25, 0.3) is 0 Å². The maximum atomic E-state index is 12.6. The molecule has 0 heterocycles. The Morgan fingerprint density at radius 2 is 0.807 bits per heavy atom. The molecule has 336 valence electrons. The van der Waals surface area contributed by atoms with Crippen LogP contribution >= 0.6 is 0 Å². The zero-order valence-corrected chi connectivity index (χ0v) is 38.1. The average Bonchev–Trinajstić information content (AvgIpc) is 3.21. The number of amides is 2. The van der Waals surface area contributed by atoms with E-state index < -0.39 is 0 Å². The summed E-state index contributed by atoms with van der Waals surface area (Å²) in [7, 11) is 0. The van der Waals surface area contributed by atoms with Crippen LogP contribution in [0.25, 0.3) is 0 Å². The Hall–Kier alpha value is -2.16. The fraction of sp³-hybridized carbons (Fsp3) is 0.917. The van der Waals surface area contributed by atoms with Crippen LogP contribution in [0.15, 0.2) is 0 Å². The molecule has 0 aromatic carbocycles. The summed E-state index contributed by atoms with van der Waals surface area (Å²) in [5, 5.41) is 5.50. The van der Waals surface area contributed by atoms with Crippen LogP contribution in [0.4, 0.5) is 0 Å². The van der Waals surface area contributed by atoms with Crippen molar-refractivity contribution < 1.29 is 28.7 Å². The lowest BCUT2D eigenvalue weighted by atomic mass is 10.0. The van der Waals surface area contributed by atoms with Crippen molar-refractivity contribution >= 4 is 23.8 Å². The van der Waals surface area contributed by atoms with Crippen LogP contribution in [0, 0.1) is 0 Å². The van der Waals surface area contributed by atoms with Crippen molar-refractivity contribution in [1.29, 1.82) is 0 Å². The second kappa shape index (κ2) is 43.4. The molecule has 2 amide bonds. The first-order valence-corrected chi connectivity index (χ1v) is 24.5. The first-order valence-electron chi connectivity index (χ1n) is 24.5. The number of ether oxygens (including phenoxy) is 2. The molecule has 0 bridgehead atoms. The van der Waals surface area contributed by atoms with Gasteiger partial charge in [0.1, 0.15) is 19.2 Å². The number of rotatable bonds is 44. The molecule has 0 aliphatic heterocycles. The highest BCUT2D eigenvalue weighted by atomic mass is 16.5. The normalized spacial score (nSPS) is 11.3. The van der Waals surface area contributed by atoms with Crippen molar-refractivity contribution in [3.8, 4) is 0 Å². The summed E-state index contributed by atoms with van der Waals surface area (Å²) >= 11 is 0. The molecule has 0 aliphatic rings. The molecule has 0 aromatic heterocycles. The summed E-state index contributed by atoms with van der Waals surface area (Å²) in [4.78, 5) is 51.6. The summed E-state index contributed by atoms with van der Waals surface area (Å²) in [5.41, 5.74) is 0. The van der Waals surface area contributed by atoms with Crippen molar-refractivity contribution in [2.75, 3.05) is 39.3 Å². The highest BCUT2D eigenvalue weighted by molar-refractivity contribution is 5.82. The van der Waals surface area contributed by atoms with E-state index in [1.807, 2.05) is 0 Å². The molecule has 0 saturated carbocycles. The van der Waals surface area contributed by atoms with Gasteiger partial charge >= 0.3 is 11.9 Å². The molecule has 57 heavy (non-hydrogen) atoms. The van der Waals surface area contributed by atoms with Gasteiger partial charge in [-0.1, -0.05) is 169 Å². The van der Waals surface area contributed by atoms with Gasteiger partial charge in [-0.3, -0.25) is 19.2 Å². The van der Waals surface area contributed by atoms with E-state index in [9.17, 15) is 19.2 Å². The van der Waals surface area contributed by atoms with Gasteiger partial charge in [-0.05, 0) is 77.4 Å². The minimum absolute atomic E-state index is 0.0294. The Labute approximate surface area is 352 Å². The SMILES string of the molecule is CCCCCCCCCCCOC(=O)CNC(=O)CCCCCN(CC)CCCCCCCC(=O)NCC(=O)OC(CCCCCCCC)CCCCCCCC. The Morgan fingerprint density at radius 3 is 1.26 bits per heavy atom. The van der Waals surface area contributed by atoms with E-state index in [0.717, 1.165) is 110 Å². The molecular weight excluding hydrogens is 715 g/mol. The Balaban J connectivity index is 3.91. The zero-order chi connectivity index (χ0) is 41.9. The second-order valence-corrected chi connectivity index (χ2v) is 16.6. The highest BCUT2D eigenvalue weighted by Gasteiger charge is 2.15. The molecule has 0 aromatic rings. The number of carbonyl (C=O) groups excluding carboxylic acids is 4. The van der Waals surface area contributed by atoms with Crippen LogP contribution in [0.5, 0.6) is 0 Å². The summed E-state index contributed by atoms with van der Waals surface area (Å²) in [6.45, 7) is 12.4. The lowest BCUT2D eigenvalue weighted by molar-refractivity contribution is -0.149. The van der Waals surface area contributed by atoms with Crippen LogP contribution in [0.2, 0.25) is 0 Å². The van der Waals surface area contributed by atoms with Gasteiger partial charge in [0.15, 0.2) is 0 Å². The van der Waals surface area contributed by atoms with Crippen LogP contribution < -0.4 is 10.6 Å². The molecule has 2 N–H and O–H groups in total. The van der Waals surface area contributed by atoms with Gasteiger partial charge in [-0.2, -0.15) is 0 Å². The maximum absolute atomic E-state index is 12.6. The summed E-state index contributed by atoms with van der Waals surface area (Å²) < 4.78 is 11.1. The molecule has 0 radical (unpaired) electrons. The van der Waals surface area contributed by atoms with Gasteiger partial charge in [0.05, 0.1) is 6.61 Å². The fourth-order valence-corrected chi connectivity index (χ4v) is 7.34. The summed E-state index contributed by atoms with van der Waals surface area (Å²) in [5.74, 6) is -0.790. The van der Waals surface area contributed by atoms with Gasteiger partial charge in [-0.25, -0.2) is 0 Å². The fourth-order valence-electron chi connectivity index (χ4n) is 7.34. The molecule has 0 aliphatic carbocycles. The van der Waals surface area contributed by atoms with Crippen molar-refractivity contribution in [3.63, 3.8) is 0 Å². The smallest absolute Gasteiger partial charge is 0.325 e. The van der Waals surface area contributed by atoms with E-state index in [1.54, 1.807) is 0 Å². The van der Waals surface area contributed by atoms with Crippen LogP contribution in [0.3, 0.4) is 0 Å². The minimum atomic E-state index is -0.346. The molecule has 0 atom stereocenters. The third-order valence-corrected chi connectivity index (χ3v) is 11.1. The number of hydrogen-bond donors (Lipinski definition) is 2. The van der Waals surface area contributed by atoms with E-state index in [4.69, 9.17) is 9.47 Å². The number of unbranched alkanes of at least 4 members (excludes halogenated alkanes) is 24. The Bertz CT molecular complexity index is 916. The van der Waals surface area contributed by atoms with E-state index in [1.165, 1.54) is 109 Å². The van der Waals surface area contributed by atoms with Crippen molar-refractivity contribution in [2.45, 2.75) is 246 Å². The van der Waals surface area contributed by atoms with Crippen LogP contribution in [-0.2, 0) is 28.7 Å². The summed E-state index contributed by atoms with van der Waals surface area (Å²) in [6, 6.07) is 0. The molecule has 0 saturated heterocycles. The molecule has 0 rings (SSSR count). The predicted molar refractivity (Wildman–Crippen MR) is 238 cm³/mol. The summed E-state index contributed by atoms with van der Waals surface area (Å²) in [6.07, 6.45) is 36.6. The standard InChI is InChI=1S/C48H93N3O6/c1-5-9-12-15-18-19-20-26-34-41-56-47(54)42-49-45(52)38-31-27-33-40-51(8-4)39-32-25-21-24-30-37-46(53)50-43-48(55)57-44(35-28-22-16-13-10-6-2)36-29-23-17-14-11-7-3/h44H,5-43H2,1-4H3,(H,49,52)(H,50,53). The third kappa shape index (κ3) is 40.4. The number of hydrogen-bond acceptors (Lipinski definition) is 7. The molecule has 0 fully saturated rings. The second-order valence-electron chi connectivity index (χ2n) is 16.6. The minimum Gasteiger partial charge on any atom is -0.464 e. The molecule has 0 spiro atoms. The quantitative estimate of drug-likeness (QED) is 0.0465. The molecule has 9 nitrogen and oxygen atoms in total. The van der Waals surface area contributed by atoms with E-state index >= 15 is 0 Å². The van der Waals surface area contributed by atoms with Gasteiger partial charge in [0.2, 0.25) is 11.8 Å². The topological polar surface area (TPSA) is 114 Å². The lowest BCUT2D eigenvalue weighted by Gasteiger charge is -2.20. The van der Waals surface area contributed by atoms with Crippen molar-refractivity contribution in [1.82, 2.24) is 15.5 Å². The molecule has 0 unspecified atom stereocenters. The number of carbonyl (C=O) groups is 4. The number of nitrogens with one attached hydrogen (secondary N) is 2. The van der Waals surface area contributed by atoms with E-state index in [0.29, 0.717) is 19.4 Å². The van der Waals surface area contributed by atoms with Gasteiger partial charge in [0, 0.05) is 12.8 Å². The largest absolute Gasteiger partial charge is 0.464 e. The number of esters is 2.